The highest BCUT2D eigenvalue weighted by Crippen LogP contribution is 2.18. The van der Waals surface area contributed by atoms with E-state index in [0.717, 1.165) is 25.7 Å². The first-order valence-electron chi connectivity index (χ1n) is 7.95. The average Bonchev–Trinajstić information content (AvgIpc) is 2.35. The molecule has 0 amide bonds. The molecule has 0 rings (SSSR count). The molecule has 0 unspecified atom stereocenters. The fourth-order valence-corrected chi connectivity index (χ4v) is 2.38. The van der Waals surface area contributed by atoms with Gasteiger partial charge in [-0.3, -0.25) is 4.79 Å². The average molecular weight is 256 g/mol. The predicted octanol–water partition coefficient (Wildman–Crippen LogP) is 5.41. The largest absolute Gasteiger partial charge is 0.481 e. The van der Waals surface area contributed by atoms with E-state index in [4.69, 9.17) is 5.11 Å². The zero-order valence-corrected chi connectivity index (χ0v) is 12.4. The van der Waals surface area contributed by atoms with E-state index < -0.39 is 5.97 Å². The lowest BCUT2D eigenvalue weighted by Gasteiger charge is -2.11. The molecule has 2 heteroatoms. The molecule has 0 aromatic rings. The Labute approximate surface area is 113 Å². The van der Waals surface area contributed by atoms with Gasteiger partial charge in [0.15, 0.2) is 0 Å². The summed E-state index contributed by atoms with van der Waals surface area (Å²) in [5.41, 5.74) is 0. The zero-order chi connectivity index (χ0) is 13.6. The highest BCUT2D eigenvalue weighted by Gasteiger charge is 2.15. The van der Waals surface area contributed by atoms with Crippen LogP contribution in [-0.4, -0.2) is 11.1 Å². The van der Waals surface area contributed by atoms with E-state index in [-0.39, 0.29) is 5.92 Å². The van der Waals surface area contributed by atoms with Crippen molar-refractivity contribution >= 4 is 5.97 Å². The predicted molar refractivity (Wildman–Crippen MR) is 77.9 cm³/mol. The van der Waals surface area contributed by atoms with Gasteiger partial charge in [-0.15, -0.1) is 0 Å². The van der Waals surface area contributed by atoms with Gasteiger partial charge in [0.25, 0.3) is 0 Å². The van der Waals surface area contributed by atoms with Gasteiger partial charge in [0.1, 0.15) is 0 Å². The van der Waals surface area contributed by atoms with Crippen molar-refractivity contribution in [1.29, 1.82) is 0 Å². The quantitative estimate of drug-likeness (QED) is 0.447. The summed E-state index contributed by atoms with van der Waals surface area (Å²) in [5.74, 6) is -0.677. The van der Waals surface area contributed by atoms with Crippen LogP contribution in [0.5, 0.6) is 0 Å². The van der Waals surface area contributed by atoms with Crippen molar-refractivity contribution in [2.45, 2.75) is 90.9 Å². The number of carboxylic acid groups (broad SMARTS) is 1. The van der Waals surface area contributed by atoms with Gasteiger partial charge in [0.05, 0.1) is 5.92 Å². The lowest BCUT2D eigenvalue weighted by atomic mass is 9.95. The number of aliphatic carboxylic acids is 1. The van der Waals surface area contributed by atoms with E-state index in [1.165, 1.54) is 51.4 Å². The Balaban J connectivity index is 3.49. The maximum absolute atomic E-state index is 11.1. The number of hydrogen-bond acceptors (Lipinski definition) is 1. The first-order chi connectivity index (χ1) is 8.72. The van der Waals surface area contributed by atoms with Crippen LogP contribution in [0, 0.1) is 5.92 Å². The molecule has 1 atom stereocenters. The molecule has 0 spiro atoms. The first-order valence-corrected chi connectivity index (χ1v) is 7.95. The number of carboxylic acids is 1. The van der Waals surface area contributed by atoms with Crippen LogP contribution in [-0.2, 0) is 4.79 Å². The Kier molecular flexibility index (Phi) is 12.5. The van der Waals surface area contributed by atoms with Crippen molar-refractivity contribution < 1.29 is 9.90 Å². The van der Waals surface area contributed by atoms with Crippen LogP contribution in [0.3, 0.4) is 0 Å². The third-order valence-electron chi connectivity index (χ3n) is 3.66. The van der Waals surface area contributed by atoms with Gasteiger partial charge in [-0.2, -0.15) is 0 Å². The molecule has 0 fully saturated rings. The van der Waals surface area contributed by atoms with Crippen LogP contribution in [0.15, 0.2) is 0 Å². The molecule has 18 heavy (non-hydrogen) atoms. The second kappa shape index (κ2) is 12.9. The summed E-state index contributed by atoms with van der Waals surface area (Å²) in [4.78, 5) is 11.1. The third kappa shape index (κ3) is 10.6. The minimum absolute atomic E-state index is 0.0906. The van der Waals surface area contributed by atoms with E-state index in [2.05, 4.69) is 13.8 Å². The van der Waals surface area contributed by atoms with Crippen molar-refractivity contribution in [3.05, 3.63) is 0 Å². The van der Waals surface area contributed by atoms with Crippen molar-refractivity contribution in [2.75, 3.05) is 0 Å². The number of rotatable bonds is 13. The Morgan fingerprint density at radius 2 is 1.17 bits per heavy atom. The topological polar surface area (TPSA) is 37.3 Å². The smallest absolute Gasteiger partial charge is 0.306 e. The van der Waals surface area contributed by atoms with Crippen LogP contribution in [0.25, 0.3) is 0 Å². The summed E-state index contributed by atoms with van der Waals surface area (Å²) >= 11 is 0. The van der Waals surface area contributed by atoms with Crippen LogP contribution >= 0.6 is 0 Å². The second-order valence-electron chi connectivity index (χ2n) is 5.44. The summed E-state index contributed by atoms with van der Waals surface area (Å²) < 4.78 is 0. The van der Waals surface area contributed by atoms with Gasteiger partial charge in [0, 0.05) is 0 Å². The van der Waals surface area contributed by atoms with Gasteiger partial charge in [-0.05, 0) is 12.8 Å². The molecule has 0 saturated heterocycles. The summed E-state index contributed by atoms with van der Waals surface area (Å²) in [6.07, 6.45) is 14.0. The lowest BCUT2D eigenvalue weighted by molar-refractivity contribution is -0.142. The maximum atomic E-state index is 11.1. The Morgan fingerprint density at radius 1 is 0.778 bits per heavy atom. The summed E-state index contributed by atoms with van der Waals surface area (Å²) in [6.45, 7) is 4.39. The number of carbonyl (C=O) groups is 1. The van der Waals surface area contributed by atoms with E-state index in [0.29, 0.717) is 0 Å². The summed E-state index contributed by atoms with van der Waals surface area (Å²) in [7, 11) is 0. The molecule has 0 aromatic heterocycles. The molecule has 1 N–H and O–H groups in total. The molecule has 0 aliphatic carbocycles. The van der Waals surface area contributed by atoms with Crippen molar-refractivity contribution in [2.24, 2.45) is 5.92 Å². The molecule has 0 aliphatic heterocycles. The minimum atomic E-state index is -0.586. The molecule has 0 radical (unpaired) electrons. The minimum Gasteiger partial charge on any atom is -0.481 e. The van der Waals surface area contributed by atoms with E-state index in [1.54, 1.807) is 0 Å². The van der Waals surface area contributed by atoms with Crippen LogP contribution in [0.4, 0.5) is 0 Å². The Bertz CT molecular complexity index is 190. The van der Waals surface area contributed by atoms with Gasteiger partial charge < -0.3 is 5.11 Å². The highest BCUT2D eigenvalue weighted by atomic mass is 16.4. The van der Waals surface area contributed by atoms with Crippen molar-refractivity contribution in [3.8, 4) is 0 Å². The Hall–Kier alpha value is -0.530. The molecule has 0 bridgehead atoms. The van der Waals surface area contributed by atoms with Gasteiger partial charge in [0.2, 0.25) is 0 Å². The molecule has 108 valence electrons. The molecule has 0 heterocycles. The highest BCUT2D eigenvalue weighted by molar-refractivity contribution is 5.69. The van der Waals surface area contributed by atoms with Crippen LogP contribution in [0.2, 0.25) is 0 Å². The third-order valence-corrected chi connectivity index (χ3v) is 3.66. The normalized spacial score (nSPS) is 12.6. The zero-order valence-electron chi connectivity index (χ0n) is 12.4. The lowest BCUT2D eigenvalue weighted by Crippen LogP contribution is -2.13. The number of unbranched alkanes of at least 4 members (excludes halogenated alkanes) is 8. The SMILES string of the molecule is CCCCCCCCC[C@H](CCCCC)C(=O)O. The monoisotopic (exact) mass is 256 g/mol. The van der Waals surface area contributed by atoms with Crippen LogP contribution < -0.4 is 0 Å². The number of hydrogen-bond donors (Lipinski definition) is 1. The summed E-state index contributed by atoms with van der Waals surface area (Å²) in [5, 5.41) is 9.15. The molecular weight excluding hydrogens is 224 g/mol. The van der Waals surface area contributed by atoms with Gasteiger partial charge in [-0.25, -0.2) is 0 Å². The molecular formula is C16H32O2. The van der Waals surface area contributed by atoms with Gasteiger partial charge >= 0.3 is 5.97 Å². The van der Waals surface area contributed by atoms with E-state index >= 15 is 0 Å². The molecule has 0 saturated carbocycles. The maximum Gasteiger partial charge on any atom is 0.306 e. The fourth-order valence-electron chi connectivity index (χ4n) is 2.38. The second-order valence-corrected chi connectivity index (χ2v) is 5.44. The standard InChI is InChI=1S/C16H32O2/c1-3-5-7-8-9-10-12-14-15(16(17)18)13-11-6-4-2/h15H,3-14H2,1-2H3,(H,17,18)/t15-/m0/s1. The van der Waals surface area contributed by atoms with Crippen molar-refractivity contribution in [3.63, 3.8) is 0 Å². The molecule has 0 aliphatic rings. The van der Waals surface area contributed by atoms with E-state index in [1.807, 2.05) is 0 Å². The molecule has 2 nitrogen and oxygen atoms in total. The Morgan fingerprint density at radius 3 is 1.67 bits per heavy atom. The van der Waals surface area contributed by atoms with Gasteiger partial charge in [-0.1, -0.05) is 78.1 Å². The summed E-state index contributed by atoms with van der Waals surface area (Å²) in [6, 6.07) is 0. The first kappa shape index (κ1) is 17.5. The fraction of sp³-hybridized carbons (Fsp3) is 0.938. The molecule has 0 aromatic carbocycles. The van der Waals surface area contributed by atoms with Crippen LogP contribution in [0.1, 0.15) is 90.9 Å². The van der Waals surface area contributed by atoms with Crippen molar-refractivity contribution in [1.82, 2.24) is 0 Å². The van der Waals surface area contributed by atoms with E-state index in [9.17, 15) is 4.79 Å².